The van der Waals surface area contributed by atoms with Crippen LogP contribution in [0.25, 0.3) is 0 Å². The third kappa shape index (κ3) is 2.94. The minimum Gasteiger partial charge on any atom is -0.507 e. The molecular formula is C11H12N4O5S. The second-order valence-corrected chi connectivity index (χ2v) is 5.67. The molecule has 0 bridgehead atoms. The highest BCUT2D eigenvalue weighted by molar-refractivity contribution is 7.92. The van der Waals surface area contributed by atoms with Gasteiger partial charge in [-0.15, -0.1) is 0 Å². The smallest absolute Gasteiger partial charge is 0.341 e. The van der Waals surface area contributed by atoms with Crippen molar-refractivity contribution in [3.8, 4) is 5.75 Å². The summed E-state index contributed by atoms with van der Waals surface area (Å²) in [4.78, 5) is 15.0. The number of rotatable bonds is 4. The lowest BCUT2D eigenvalue weighted by Crippen LogP contribution is -2.17. The van der Waals surface area contributed by atoms with Gasteiger partial charge in [0.15, 0.2) is 0 Å². The molecule has 9 nitrogen and oxygen atoms in total. The Bertz CT molecular complexity index is 784. The van der Waals surface area contributed by atoms with E-state index in [9.17, 15) is 18.3 Å². The topological polar surface area (TPSA) is 123 Å². The van der Waals surface area contributed by atoms with Gasteiger partial charge in [0.2, 0.25) is 5.95 Å². The summed E-state index contributed by atoms with van der Waals surface area (Å²) in [6.45, 7) is 0. The second-order valence-electron chi connectivity index (χ2n) is 3.98. The molecule has 0 unspecified atom stereocenters. The Kier molecular flexibility index (Phi) is 3.80. The van der Waals surface area contributed by atoms with Crippen LogP contribution in [0.5, 0.6) is 5.75 Å². The SMILES string of the molecule is COC(=O)c1cc(S(=O)(=O)Nc2ncnn2C)ccc1O. The van der Waals surface area contributed by atoms with Crippen LogP contribution in [0, 0.1) is 0 Å². The Morgan fingerprint density at radius 3 is 2.71 bits per heavy atom. The average Bonchev–Trinajstić information content (AvgIpc) is 2.83. The number of aromatic nitrogens is 3. The zero-order valence-electron chi connectivity index (χ0n) is 11.1. The lowest BCUT2D eigenvalue weighted by molar-refractivity contribution is 0.0597. The molecule has 0 spiro atoms. The number of aryl methyl sites for hydroxylation is 1. The van der Waals surface area contributed by atoms with Gasteiger partial charge < -0.3 is 9.84 Å². The number of ether oxygens (including phenoxy) is 1. The van der Waals surface area contributed by atoms with Crippen LogP contribution in [0.2, 0.25) is 0 Å². The summed E-state index contributed by atoms with van der Waals surface area (Å²) in [5.74, 6) is -1.20. The van der Waals surface area contributed by atoms with E-state index < -0.39 is 16.0 Å². The number of nitrogens with one attached hydrogen (secondary N) is 1. The van der Waals surface area contributed by atoms with E-state index in [1.54, 1.807) is 0 Å². The van der Waals surface area contributed by atoms with E-state index in [1.165, 1.54) is 18.1 Å². The molecule has 1 aromatic carbocycles. The maximum atomic E-state index is 12.2. The predicted octanol–water partition coefficient (Wildman–Crippen LogP) is 0.108. The Balaban J connectivity index is 2.41. The Morgan fingerprint density at radius 1 is 1.43 bits per heavy atom. The predicted molar refractivity (Wildman–Crippen MR) is 71.3 cm³/mol. The van der Waals surface area contributed by atoms with Crippen LogP contribution in [0.4, 0.5) is 5.95 Å². The summed E-state index contributed by atoms with van der Waals surface area (Å²) in [7, 11) is -1.34. The first-order chi connectivity index (χ1) is 9.85. The first-order valence-electron chi connectivity index (χ1n) is 5.63. The van der Waals surface area contributed by atoms with Crippen molar-refractivity contribution in [1.29, 1.82) is 0 Å². The number of aromatic hydroxyl groups is 1. The summed E-state index contributed by atoms with van der Waals surface area (Å²) < 4.78 is 32.3. The van der Waals surface area contributed by atoms with Crippen molar-refractivity contribution in [2.24, 2.45) is 7.05 Å². The molecule has 0 radical (unpaired) electrons. The fourth-order valence-corrected chi connectivity index (χ4v) is 2.59. The molecule has 2 rings (SSSR count). The van der Waals surface area contributed by atoms with Crippen LogP contribution in [0.1, 0.15) is 10.4 Å². The number of phenols is 1. The molecule has 2 aromatic rings. The van der Waals surface area contributed by atoms with Gasteiger partial charge in [-0.1, -0.05) is 0 Å². The number of esters is 1. The third-order valence-electron chi connectivity index (χ3n) is 2.62. The van der Waals surface area contributed by atoms with E-state index in [1.807, 2.05) is 0 Å². The van der Waals surface area contributed by atoms with E-state index in [-0.39, 0.29) is 22.2 Å². The molecule has 0 aliphatic heterocycles. The van der Waals surface area contributed by atoms with E-state index >= 15 is 0 Å². The molecule has 0 saturated heterocycles. The maximum Gasteiger partial charge on any atom is 0.341 e. The number of methoxy groups -OCH3 is 1. The normalized spacial score (nSPS) is 11.1. The molecule has 0 saturated carbocycles. The minimum absolute atomic E-state index is 0.0164. The van der Waals surface area contributed by atoms with Gasteiger partial charge in [0.05, 0.1) is 12.0 Å². The van der Waals surface area contributed by atoms with Crippen molar-refractivity contribution < 1.29 is 23.1 Å². The van der Waals surface area contributed by atoms with E-state index in [4.69, 9.17) is 0 Å². The molecule has 1 heterocycles. The molecule has 0 fully saturated rings. The zero-order valence-corrected chi connectivity index (χ0v) is 12.0. The lowest BCUT2D eigenvalue weighted by Gasteiger charge is -2.09. The molecule has 10 heteroatoms. The molecule has 0 amide bonds. The Labute approximate surface area is 120 Å². The van der Waals surface area contributed by atoms with Crippen LogP contribution < -0.4 is 4.72 Å². The number of carbonyl (C=O) groups excluding carboxylic acids is 1. The van der Waals surface area contributed by atoms with Gasteiger partial charge in [0.1, 0.15) is 17.6 Å². The fourth-order valence-electron chi connectivity index (χ4n) is 1.52. The summed E-state index contributed by atoms with van der Waals surface area (Å²) in [6, 6.07) is 3.26. The van der Waals surface area contributed by atoms with Gasteiger partial charge >= 0.3 is 5.97 Å². The van der Waals surface area contributed by atoms with E-state index in [2.05, 4.69) is 19.5 Å². The minimum atomic E-state index is -3.98. The highest BCUT2D eigenvalue weighted by Crippen LogP contribution is 2.23. The van der Waals surface area contributed by atoms with Crippen molar-refractivity contribution in [2.75, 3.05) is 11.8 Å². The average molecular weight is 312 g/mol. The standard InChI is InChI=1S/C11H12N4O5S/c1-15-11(12-6-13-15)14-21(18,19)7-3-4-9(16)8(5-7)10(17)20-2/h3-6,16H,1-2H3,(H,12,13,14). The zero-order chi connectivity index (χ0) is 15.6. The quantitative estimate of drug-likeness (QED) is 0.768. The highest BCUT2D eigenvalue weighted by atomic mass is 32.2. The summed E-state index contributed by atoms with van der Waals surface area (Å²) in [5, 5.41) is 13.3. The molecule has 112 valence electrons. The van der Waals surface area contributed by atoms with Crippen molar-refractivity contribution in [3.05, 3.63) is 30.1 Å². The van der Waals surface area contributed by atoms with E-state index in [0.717, 1.165) is 25.3 Å². The van der Waals surface area contributed by atoms with E-state index in [0.29, 0.717) is 0 Å². The number of nitrogens with zero attached hydrogens (tertiary/aromatic N) is 3. The monoisotopic (exact) mass is 312 g/mol. The molecule has 0 aliphatic rings. The van der Waals surface area contributed by atoms with Gasteiger partial charge in [0.25, 0.3) is 10.0 Å². The lowest BCUT2D eigenvalue weighted by atomic mass is 10.2. The summed E-state index contributed by atoms with van der Waals surface area (Å²) >= 11 is 0. The highest BCUT2D eigenvalue weighted by Gasteiger charge is 2.21. The fraction of sp³-hybridized carbons (Fsp3) is 0.182. The number of hydrogen-bond acceptors (Lipinski definition) is 7. The van der Waals surface area contributed by atoms with Crippen LogP contribution in [-0.2, 0) is 21.8 Å². The number of carbonyl (C=O) groups is 1. The number of hydrogen-bond donors (Lipinski definition) is 2. The molecule has 0 aliphatic carbocycles. The second kappa shape index (κ2) is 5.40. The van der Waals surface area contributed by atoms with Crippen molar-refractivity contribution in [3.63, 3.8) is 0 Å². The van der Waals surface area contributed by atoms with Crippen molar-refractivity contribution in [2.45, 2.75) is 4.90 Å². The first-order valence-corrected chi connectivity index (χ1v) is 7.11. The Morgan fingerprint density at radius 2 is 2.14 bits per heavy atom. The third-order valence-corrected chi connectivity index (χ3v) is 3.95. The van der Waals surface area contributed by atoms with Crippen molar-refractivity contribution >= 4 is 21.9 Å². The van der Waals surface area contributed by atoms with Crippen LogP contribution in [-0.4, -0.2) is 41.4 Å². The summed E-state index contributed by atoms with van der Waals surface area (Å²) in [6.07, 6.45) is 1.19. The van der Waals surface area contributed by atoms with Crippen LogP contribution in [0.15, 0.2) is 29.4 Å². The molecule has 2 N–H and O–H groups in total. The molecule has 21 heavy (non-hydrogen) atoms. The molecule has 1 aromatic heterocycles. The number of benzene rings is 1. The molecular weight excluding hydrogens is 300 g/mol. The number of anilines is 1. The summed E-state index contributed by atoms with van der Waals surface area (Å²) in [5.41, 5.74) is -0.252. The van der Waals surface area contributed by atoms with Gasteiger partial charge in [-0.05, 0) is 18.2 Å². The molecule has 0 atom stereocenters. The number of sulfonamides is 1. The van der Waals surface area contributed by atoms with Crippen LogP contribution >= 0.6 is 0 Å². The van der Waals surface area contributed by atoms with Crippen LogP contribution in [0.3, 0.4) is 0 Å². The maximum absolute atomic E-state index is 12.2. The van der Waals surface area contributed by atoms with Gasteiger partial charge in [-0.3, -0.25) is 0 Å². The Hall–Kier alpha value is -2.62. The number of phenolic OH excluding ortho intramolecular Hbond substituents is 1. The largest absolute Gasteiger partial charge is 0.507 e. The first kappa shape index (κ1) is 14.8. The van der Waals surface area contributed by atoms with Gasteiger partial charge in [-0.25, -0.2) is 22.6 Å². The van der Waals surface area contributed by atoms with Gasteiger partial charge in [-0.2, -0.15) is 10.1 Å². The van der Waals surface area contributed by atoms with Gasteiger partial charge in [0, 0.05) is 7.05 Å². The van der Waals surface area contributed by atoms with Crippen molar-refractivity contribution in [1.82, 2.24) is 14.8 Å².